The average molecular weight is 864 g/mol. The molecule has 0 bridgehead atoms. The summed E-state index contributed by atoms with van der Waals surface area (Å²) in [5.74, 6) is -7.30. The first-order valence-corrected chi connectivity index (χ1v) is 19.9. The third-order valence-electron chi connectivity index (χ3n) is 10.1. The summed E-state index contributed by atoms with van der Waals surface area (Å²) in [6.07, 6.45) is 0.390. The summed E-state index contributed by atoms with van der Waals surface area (Å²) in [5, 5.41) is 51.8. The van der Waals surface area contributed by atoms with Gasteiger partial charge in [-0.05, 0) is 65.9 Å². The summed E-state index contributed by atoms with van der Waals surface area (Å²) in [7, 11) is 0. The molecule has 0 aliphatic rings. The molecule has 0 fully saturated rings. The van der Waals surface area contributed by atoms with E-state index in [-0.39, 0.29) is 37.2 Å². The molecule has 18 nitrogen and oxygen atoms in total. The Morgan fingerprint density at radius 3 is 1.52 bits per heavy atom. The number of aromatic hydroxyl groups is 2. The number of phenolic OH excluding ortho intramolecular Hbond substituents is 2. The predicted molar refractivity (Wildman–Crippen MR) is 229 cm³/mol. The van der Waals surface area contributed by atoms with Gasteiger partial charge in [-0.25, -0.2) is 0 Å². The second-order valence-electron chi connectivity index (χ2n) is 15.0. The Kier molecular flexibility index (Phi) is 16.0. The van der Waals surface area contributed by atoms with Gasteiger partial charge in [0.05, 0.1) is 12.5 Å². The van der Waals surface area contributed by atoms with Crippen molar-refractivity contribution in [3.05, 3.63) is 132 Å². The van der Waals surface area contributed by atoms with E-state index in [2.05, 4.69) is 31.6 Å². The summed E-state index contributed by atoms with van der Waals surface area (Å²) in [6.45, 7) is 1.16. The number of H-pyrrole nitrogens is 1. The number of para-hydroxylation sites is 1. The quantitative estimate of drug-likeness (QED) is 0.0496. The van der Waals surface area contributed by atoms with Gasteiger partial charge in [-0.3, -0.25) is 33.6 Å². The van der Waals surface area contributed by atoms with Crippen LogP contribution < -0.4 is 32.3 Å². The minimum absolute atomic E-state index is 0.0267. The van der Waals surface area contributed by atoms with Gasteiger partial charge in [0.2, 0.25) is 29.5 Å². The van der Waals surface area contributed by atoms with Gasteiger partial charge < -0.3 is 57.7 Å². The van der Waals surface area contributed by atoms with Crippen LogP contribution in [-0.2, 0) is 59.2 Å². The van der Waals surface area contributed by atoms with Crippen molar-refractivity contribution in [1.29, 1.82) is 0 Å². The van der Waals surface area contributed by atoms with Crippen molar-refractivity contribution < 1.29 is 54.0 Å². The number of aromatic amines is 1. The molecular formula is C45H49N7O11. The van der Waals surface area contributed by atoms with Crippen LogP contribution in [0.15, 0.2) is 109 Å². The third-order valence-corrected chi connectivity index (χ3v) is 10.1. The van der Waals surface area contributed by atoms with Crippen molar-refractivity contribution in [2.45, 2.75) is 75.3 Å². The molecule has 6 atom stereocenters. The average Bonchev–Trinajstić information content (AvgIpc) is 3.66. The van der Waals surface area contributed by atoms with Crippen molar-refractivity contribution in [2.75, 3.05) is 0 Å². The highest BCUT2D eigenvalue weighted by Gasteiger charge is 2.34. The maximum absolute atomic E-state index is 14.5. The molecule has 12 N–H and O–H groups in total. The Morgan fingerprint density at radius 1 is 0.540 bits per heavy atom. The van der Waals surface area contributed by atoms with E-state index >= 15 is 0 Å². The summed E-state index contributed by atoms with van der Waals surface area (Å²) in [5.41, 5.74) is 9.33. The van der Waals surface area contributed by atoms with Crippen LogP contribution >= 0.6 is 0 Å². The summed E-state index contributed by atoms with van der Waals surface area (Å²) < 4.78 is 0. The van der Waals surface area contributed by atoms with Gasteiger partial charge in [0, 0.05) is 36.4 Å². The maximum Gasteiger partial charge on any atom is 0.325 e. The zero-order chi connectivity index (χ0) is 45.6. The van der Waals surface area contributed by atoms with E-state index < -0.39 is 84.1 Å². The smallest absolute Gasteiger partial charge is 0.325 e. The molecule has 0 aliphatic heterocycles. The van der Waals surface area contributed by atoms with E-state index in [9.17, 15) is 54.0 Å². The molecule has 4 aromatic carbocycles. The number of phenols is 2. The van der Waals surface area contributed by atoms with Crippen molar-refractivity contribution in [1.82, 2.24) is 31.6 Å². The largest absolute Gasteiger partial charge is 0.508 e. The number of carboxylic acids is 2. The first-order chi connectivity index (χ1) is 30.1. The number of carbonyl (C=O) groups excluding carboxylic acids is 5. The molecule has 63 heavy (non-hydrogen) atoms. The molecule has 1 heterocycles. The van der Waals surface area contributed by atoms with E-state index in [4.69, 9.17) is 5.73 Å². The Hall–Kier alpha value is -7.73. The third kappa shape index (κ3) is 13.6. The number of benzene rings is 4. The van der Waals surface area contributed by atoms with Crippen molar-refractivity contribution in [3.63, 3.8) is 0 Å². The zero-order valence-electron chi connectivity index (χ0n) is 34.1. The molecule has 5 aromatic rings. The van der Waals surface area contributed by atoms with E-state index in [0.29, 0.717) is 33.2 Å². The molecule has 5 amide bonds. The van der Waals surface area contributed by atoms with Crippen molar-refractivity contribution in [2.24, 2.45) is 5.73 Å². The molecule has 0 radical (unpaired) electrons. The summed E-state index contributed by atoms with van der Waals surface area (Å²) >= 11 is 0. The monoisotopic (exact) mass is 863 g/mol. The number of hydrogen-bond acceptors (Lipinski definition) is 10. The topological polar surface area (TPSA) is 302 Å². The lowest BCUT2D eigenvalue weighted by molar-refractivity contribution is -0.143. The van der Waals surface area contributed by atoms with Crippen LogP contribution in [0.1, 0.15) is 35.6 Å². The fraction of sp³-hybridized carbons (Fsp3) is 0.267. The number of rotatable bonds is 21. The van der Waals surface area contributed by atoms with Crippen LogP contribution in [0.25, 0.3) is 10.9 Å². The number of fused-ring (bicyclic) bond motifs is 1. The molecular weight excluding hydrogens is 815 g/mol. The molecule has 0 saturated carbocycles. The normalized spacial score (nSPS) is 13.9. The molecule has 0 spiro atoms. The van der Waals surface area contributed by atoms with Crippen LogP contribution in [0.4, 0.5) is 0 Å². The first-order valence-electron chi connectivity index (χ1n) is 19.9. The highest BCUT2D eigenvalue weighted by molar-refractivity contribution is 5.98. The highest BCUT2D eigenvalue weighted by Crippen LogP contribution is 2.20. The summed E-state index contributed by atoms with van der Waals surface area (Å²) in [6, 6.07) is 19.3. The van der Waals surface area contributed by atoms with Gasteiger partial charge in [-0.2, -0.15) is 0 Å². The number of amides is 5. The zero-order valence-corrected chi connectivity index (χ0v) is 34.1. The first kappa shape index (κ1) is 46.3. The maximum atomic E-state index is 14.5. The lowest BCUT2D eigenvalue weighted by Gasteiger charge is -2.27. The lowest BCUT2D eigenvalue weighted by atomic mass is 10.00. The molecule has 0 aliphatic carbocycles. The Bertz CT molecular complexity index is 2410. The van der Waals surface area contributed by atoms with E-state index in [0.717, 1.165) is 6.92 Å². The van der Waals surface area contributed by atoms with Gasteiger partial charge in [-0.15, -0.1) is 0 Å². The number of aliphatic carboxylic acids is 2. The lowest BCUT2D eigenvalue weighted by Crippen LogP contribution is -2.60. The number of nitrogens with one attached hydrogen (secondary N) is 6. The van der Waals surface area contributed by atoms with Gasteiger partial charge in [0.25, 0.3) is 0 Å². The number of aromatic nitrogens is 1. The van der Waals surface area contributed by atoms with Crippen LogP contribution in [0.3, 0.4) is 0 Å². The van der Waals surface area contributed by atoms with Gasteiger partial charge in [0.1, 0.15) is 41.7 Å². The molecule has 6 unspecified atom stereocenters. The minimum Gasteiger partial charge on any atom is -0.508 e. The predicted octanol–water partition coefficient (Wildman–Crippen LogP) is 1.18. The second kappa shape index (κ2) is 21.7. The number of carbonyl (C=O) groups is 7. The Labute approximate surface area is 361 Å². The van der Waals surface area contributed by atoms with Crippen LogP contribution in [0.2, 0.25) is 0 Å². The minimum atomic E-state index is -1.75. The van der Waals surface area contributed by atoms with Crippen LogP contribution in [0, 0.1) is 0 Å². The number of nitrogens with two attached hydrogens (primary N) is 1. The molecule has 330 valence electrons. The van der Waals surface area contributed by atoms with Crippen molar-refractivity contribution in [3.8, 4) is 11.5 Å². The van der Waals surface area contributed by atoms with Crippen molar-refractivity contribution >= 4 is 52.4 Å². The van der Waals surface area contributed by atoms with E-state index in [1.165, 1.54) is 24.3 Å². The fourth-order valence-corrected chi connectivity index (χ4v) is 6.70. The van der Waals surface area contributed by atoms with E-state index in [1.807, 2.05) is 0 Å². The number of hydrogen-bond donors (Lipinski definition) is 11. The van der Waals surface area contributed by atoms with E-state index in [1.54, 1.807) is 85.1 Å². The van der Waals surface area contributed by atoms with Gasteiger partial charge in [-0.1, -0.05) is 72.8 Å². The van der Waals surface area contributed by atoms with Gasteiger partial charge >= 0.3 is 11.9 Å². The van der Waals surface area contributed by atoms with Gasteiger partial charge in [0.15, 0.2) is 0 Å². The number of carboxylic acid groups (broad SMARTS) is 2. The molecule has 0 saturated heterocycles. The highest BCUT2D eigenvalue weighted by atomic mass is 16.4. The standard InChI is InChI=1S/C45H49N7O11/c1-25(45(62)63)48-41(58)38(23-39(55)56)52-44(61)37(22-29-24-47-34-10-6-5-9-32(29)34)51-43(60)36(20-26-7-3-2-4-8-26)50-42(59)35(21-28-13-17-31(54)18-14-28)49-40(57)33(46)19-27-11-15-30(53)16-12-27/h2-18,24-25,33,35-38,47,53-54H,19-23,46H2,1H3,(H,48,58)(H,49,57)(H,50,59)(H,51,60)(H,52,61)(H,55,56)(H,62,63). The Morgan fingerprint density at radius 2 is 0.984 bits per heavy atom. The SMILES string of the molecule is CC(NC(=O)C(CC(=O)O)NC(=O)C(Cc1c[nH]c2ccccc12)NC(=O)C(Cc1ccccc1)NC(=O)C(Cc1ccc(O)cc1)NC(=O)C(N)Cc1ccc(O)cc1)C(=O)O. The molecule has 18 heteroatoms. The fourth-order valence-electron chi connectivity index (χ4n) is 6.70. The summed E-state index contributed by atoms with van der Waals surface area (Å²) in [4.78, 5) is 95.9. The Balaban J connectivity index is 1.44. The molecule has 5 rings (SSSR count). The van der Waals surface area contributed by atoms with Crippen LogP contribution in [-0.4, -0.2) is 103 Å². The van der Waals surface area contributed by atoms with Crippen LogP contribution in [0.5, 0.6) is 11.5 Å². The molecule has 1 aromatic heterocycles. The second-order valence-corrected chi connectivity index (χ2v) is 15.0.